The van der Waals surface area contributed by atoms with Crippen LogP contribution >= 0.6 is 0 Å². The van der Waals surface area contributed by atoms with E-state index in [1.54, 1.807) is 18.2 Å². The summed E-state index contributed by atoms with van der Waals surface area (Å²) in [6.45, 7) is 1.35. The van der Waals surface area contributed by atoms with Crippen LogP contribution in [0.5, 0.6) is 0 Å². The number of methoxy groups -OCH3 is 4. The van der Waals surface area contributed by atoms with Crippen molar-refractivity contribution < 1.29 is 42.9 Å². The molecule has 9 heteroatoms. The summed E-state index contributed by atoms with van der Waals surface area (Å²) in [4.78, 5) is 63.9. The summed E-state index contributed by atoms with van der Waals surface area (Å²) in [7, 11) is 4.15. The van der Waals surface area contributed by atoms with Crippen LogP contribution < -0.4 is 0 Å². The second-order valence-corrected chi connectivity index (χ2v) is 6.16. The molecule has 0 aliphatic rings. The monoisotopic (exact) mass is 428 g/mol. The van der Waals surface area contributed by atoms with Gasteiger partial charge in [0.05, 0.1) is 50.7 Å². The van der Waals surface area contributed by atoms with Gasteiger partial charge in [-0.1, -0.05) is 30.3 Å². The molecule has 0 bridgehead atoms. The Hall–Kier alpha value is -4.01. The molecular weight excluding hydrogens is 408 g/mol. The van der Waals surface area contributed by atoms with E-state index in [0.717, 1.165) is 28.4 Å². The van der Waals surface area contributed by atoms with Gasteiger partial charge in [0, 0.05) is 11.1 Å². The lowest BCUT2D eigenvalue weighted by Crippen LogP contribution is -2.27. The fraction of sp³-hybridized carbons (Fsp3) is 0.227. The number of ether oxygens (including phenoxy) is 4. The molecule has 2 aromatic rings. The molecule has 0 atom stereocenters. The van der Waals surface area contributed by atoms with E-state index in [0.29, 0.717) is 0 Å². The van der Waals surface area contributed by atoms with Gasteiger partial charge in [-0.2, -0.15) is 0 Å². The molecule has 0 radical (unpaired) electrons. The van der Waals surface area contributed by atoms with Gasteiger partial charge in [0.2, 0.25) is 0 Å². The second-order valence-electron chi connectivity index (χ2n) is 6.16. The molecule has 0 saturated carbocycles. The van der Waals surface area contributed by atoms with Gasteiger partial charge in [0.25, 0.3) is 0 Å². The Balaban J connectivity index is 3.17. The van der Waals surface area contributed by atoms with Gasteiger partial charge in [0.15, 0.2) is 5.78 Å². The SMILES string of the molecule is COC(=O)c1c(C)c(C(=O)c2ccccc2)c(C(=O)OC)c(C(=O)OC)c1C(=O)OC. The number of rotatable bonds is 6. The first-order valence-corrected chi connectivity index (χ1v) is 8.88. The average molecular weight is 428 g/mol. The molecule has 2 rings (SSSR count). The highest BCUT2D eigenvalue weighted by Crippen LogP contribution is 2.32. The highest BCUT2D eigenvalue weighted by Gasteiger charge is 2.38. The Morgan fingerprint density at radius 3 is 1.32 bits per heavy atom. The van der Waals surface area contributed by atoms with Crippen molar-refractivity contribution in [2.24, 2.45) is 0 Å². The standard InChI is InChI=1S/C22H20O9/c1-11-13(18(23)12-9-7-6-8-10-12)15(20(25)29-3)17(22(27)31-5)16(21(26)30-4)14(11)19(24)28-2/h6-10H,1-5H3. The van der Waals surface area contributed by atoms with Crippen LogP contribution in [0.3, 0.4) is 0 Å². The van der Waals surface area contributed by atoms with E-state index in [2.05, 4.69) is 0 Å². The van der Waals surface area contributed by atoms with Crippen molar-refractivity contribution in [1.29, 1.82) is 0 Å². The molecule has 0 fully saturated rings. The maximum Gasteiger partial charge on any atom is 0.339 e. The molecule has 0 aromatic heterocycles. The lowest BCUT2D eigenvalue weighted by Gasteiger charge is -2.20. The Morgan fingerprint density at radius 1 is 0.548 bits per heavy atom. The summed E-state index contributed by atoms with van der Waals surface area (Å²) in [5.74, 6) is -5.02. The van der Waals surface area contributed by atoms with Crippen LogP contribution in [0.15, 0.2) is 30.3 Å². The van der Waals surface area contributed by atoms with E-state index in [9.17, 15) is 24.0 Å². The topological polar surface area (TPSA) is 122 Å². The smallest absolute Gasteiger partial charge is 0.339 e. The van der Waals surface area contributed by atoms with Crippen LogP contribution in [0.1, 0.15) is 62.9 Å². The van der Waals surface area contributed by atoms with E-state index in [1.807, 2.05) is 0 Å². The van der Waals surface area contributed by atoms with Crippen molar-refractivity contribution in [3.8, 4) is 0 Å². The number of esters is 4. The number of hydrogen-bond acceptors (Lipinski definition) is 9. The summed E-state index contributed by atoms with van der Waals surface area (Å²) < 4.78 is 19.0. The quantitative estimate of drug-likeness (QED) is 0.388. The van der Waals surface area contributed by atoms with Crippen molar-refractivity contribution in [2.45, 2.75) is 6.92 Å². The molecule has 0 heterocycles. The largest absolute Gasteiger partial charge is 0.465 e. The zero-order valence-electron chi connectivity index (χ0n) is 17.6. The third-order valence-corrected chi connectivity index (χ3v) is 4.57. The van der Waals surface area contributed by atoms with E-state index >= 15 is 0 Å². The summed E-state index contributed by atoms with van der Waals surface area (Å²) in [6, 6.07) is 7.88. The minimum absolute atomic E-state index is 0.0610. The zero-order valence-corrected chi connectivity index (χ0v) is 17.6. The first-order valence-electron chi connectivity index (χ1n) is 8.88. The fourth-order valence-electron chi connectivity index (χ4n) is 3.17. The maximum atomic E-state index is 13.4. The minimum atomic E-state index is -1.15. The molecule has 31 heavy (non-hydrogen) atoms. The third kappa shape index (κ3) is 4.16. The normalized spacial score (nSPS) is 10.1. The first-order chi connectivity index (χ1) is 14.7. The summed E-state index contributed by atoms with van der Waals surface area (Å²) in [6.07, 6.45) is 0. The number of ketones is 1. The van der Waals surface area contributed by atoms with Gasteiger partial charge in [-0.15, -0.1) is 0 Å². The Labute approximate surface area is 177 Å². The molecular formula is C22H20O9. The van der Waals surface area contributed by atoms with E-state index < -0.39 is 51.9 Å². The molecule has 0 N–H and O–H groups in total. The Kier molecular flexibility index (Phi) is 7.25. The number of carbonyl (C=O) groups is 5. The van der Waals surface area contributed by atoms with Crippen LogP contribution in [0.2, 0.25) is 0 Å². The van der Waals surface area contributed by atoms with Crippen molar-refractivity contribution in [3.05, 3.63) is 69.3 Å². The van der Waals surface area contributed by atoms with E-state index in [4.69, 9.17) is 18.9 Å². The molecule has 0 unspecified atom stereocenters. The summed E-state index contributed by atoms with van der Waals surface area (Å²) >= 11 is 0. The third-order valence-electron chi connectivity index (χ3n) is 4.57. The second kappa shape index (κ2) is 9.66. The summed E-state index contributed by atoms with van der Waals surface area (Å²) in [5, 5.41) is 0. The van der Waals surface area contributed by atoms with Gasteiger partial charge in [-0.05, 0) is 12.5 Å². The maximum absolute atomic E-state index is 13.4. The zero-order chi connectivity index (χ0) is 23.3. The van der Waals surface area contributed by atoms with E-state index in [-0.39, 0.29) is 16.7 Å². The van der Waals surface area contributed by atoms with Gasteiger partial charge in [-0.3, -0.25) is 4.79 Å². The first kappa shape index (κ1) is 23.3. The highest BCUT2D eigenvalue weighted by molar-refractivity contribution is 6.23. The molecule has 9 nitrogen and oxygen atoms in total. The number of benzene rings is 2. The van der Waals surface area contributed by atoms with Gasteiger partial charge in [-0.25, -0.2) is 19.2 Å². The van der Waals surface area contributed by atoms with Crippen molar-refractivity contribution in [2.75, 3.05) is 28.4 Å². The molecule has 0 spiro atoms. The van der Waals surface area contributed by atoms with Crippen LogP contribution in [0, 0.1) is 6.92 Å². The Morgan fingerprint density at radius 2 is 0.903 bits per heavy atom. The van der Waals surface area contributed by atoms with Crippen LogP contribution in [0.25, 0.3) is 0 Å². The van der Waals surface area contributed by atoms with Crippen LogP contribution in [-0.4, -0.2) is 58.1 Å². The summed E-state index contributed by atoms with van der Waals surface area (Å²) in [5.41, 5.74) is -2.31. The van der Waals surface area contributed by atoms with Crippen LogP contribution in [-0.2, 0) is 18.9 Å². The van der Waals surface area contributed by atoms with Gasteiger partial charge < -0.3 is 18.9 Å². The molecule has 0 amide bonds. The molecule has 162 valence electrons. The van der Waals surface area contributed by atoms with Crippen LogP contribution in [0.4, 0.5) is 0 Å². The van der Waals surface area contributed by atoms with Crippen molar-refractivity contribution >= 4 is 29.7 Å². The highest BCUT2D eigenvalue weighted by atomic mass is 16.5. The fourth-order valence-corrected chi connectivity index (χ4v) is 3.17. The van der Waals surface area contributed by atoms with Crippen molar-refractivity contribution in [3.63, 3.8) is 0 Å². The number of carbonyl (C=O) groups excluding carboxylic acids is 5. The molecule has 0 aliphatic carbocycles. The van der Waals surface area contributed by atoms with E-state index in [1.165, 1.54) is 19.1 Å². The average Bonchev–Trinajstić information content (AvgIpc) is 2.81. The predicted octanol–water partition coefficient (Wildman–Crippen LogP) is 2.37. The molecule has 2 aromatic carbocycles. The Bertz CT molecular complexity index is 1070. The van der Waals surface area contributed by atoms with Crippen molar-refractivity contribution in [1.82, 2.24) is 0 Å². The number of hydrogen-bond donors (Lipinski definition) is 0. The van der Waals surface area contributed by atoms with Gasteiger partial charge in [0.1, 0.15) is 0 Å². The molecule has 0 aliphatic heterocycles. The molecule has 0 saturated heterocycles. The lowest BCUT2D eigenvalue weighted by atomic mass is 9.83. The minimum Gasteiger partial charge on any atom is -0.465 e. The van der Waals surface area contributed by atoms with Gasteiger partial charge >= 0.3 is 23.9 Å². The lowest BCUT2D eigenvalue weighted by molar-refractivity contribution is 0.0519. The predicted molar refractivity (Wildman–Crippen MR) is 106 cm³/mol.